The van der Waals surface area contributed by atoms with Crippen LogP contribution in [0.2, 0.25) is 0 Å². The second-order valence-corrected chi connectivity index (χ2v) is 6.74. The van der Waals surface area contributed by atoms with E-state index in [4.69, 9.17) is 4.74 Å². The first-order chi connectivity index (χ1) is 8.43. The average Bonchev–Trinajstić information content (AvgIpc) is 2.86. The molecule has 5 atom stereocenters. The molecule has 0 aromatic rings. The molecule has 0 spiro atoms. The van der Waals surface area contributed by atoms with Gasteiger partial charge >= 0.3 is 0 Å². The van der Waals surface area contributed by atoms with Crippen LogP contribution in [-0.2, 0) is 4.74 Å². The number of ether oxygens (including phenoxy) is 1. The van der Waals surface area contributed by atoms with Crippen LogP contribution >= 0.6 is 0 Å². The molecule has 0 N–H and O–H groups in total. The Morgan fingerprint density at radius 2 is 1.82 bits per heavy atom. The van der Waals surface area contributed by atoms with Gasteiger partial charge in [-0.05, 0) is 55.8 Å². The summed E-state index contributed by atoms with van der Waals surface area (Å²) in [5, 5.41) is 0. The normalized spacial score (nSPS) is 48.9. The van der Waals surface area contributed by atoms with Crippen LogP contribution in [-0.4, -0.2) is 13.2 Å². The van der Waals surface area contributed by atoms with Crippen molar-refractivity contribution in [2.24, 2.45) is 29.6 Å². The second kappa shape index (κ2) is 4.12. The fraction of sp³-hybridized carbons (Fsp3) is 0.875. The molecule has 4 aliphatic rings. The molecule has 1 aliphatic heterocycles. The number of allylic oxidation sites excluding steroid dienone is 1. The van der Waals surface area contributed by atoms with Crippen LogP contribution in [0.4, 0.5) is 0 Å². The van der Waals surface area contributed by atoms with E-state index in [1.807, 2.05) is 5.57 Å². The van der Waals surface area contributed by atoms with Crippen LogP contribution in [0.25, 0.3) is 0 Å². The molecule has 5 unspecified atom stereocenters. The molecule has 1 nitrogen and oxygen atoms in total. The van der Waals surface area contributed by atoms with Crippen molar-refractivity contribution in [2.75, 3.05) is 13.2 Å². The van der Waals surface area contributed by atoms with Crippen molar-refractivity contribution in [3.63, 3.8) is 0 Å². The van der Waals surface area contributed by atoms with Gasteiger partial charge in [-0.15, -0.1) is 0 Å². The smallest absolute Gasteiger partial charge is 0.0535 e. The number of hydrogen-bond donors (Lipinski definition) is 0. The summed E-state index contributed by atoms with van der Waals surface area (Å²) in [4.78, 5) is 0. The van der Waals surface area contributed by atoms with E-state index in [2.05, 4.69) is 6.08 Å². The summed E-state index contributed by atoms with van der Waals surface area (Å²) in [5.41, 5.74) is 1.84. The summed E-state index contributed by atoms with van der Waals surface area (Å²) < 4.78 is 5.74. The van der Waals surface area contributed by atoms with E-state index in [1.54, 1.807) is 0 Å². The van der Waals surface area contributed by atoms with Gasteiger partial charge in [-0.25, -0.2) is 0 Å². The Balaban J connectivity index is 1.63. The minimum absolute atomic E-state index is 0.816. The highest BCUT2D eigenvalue weighted by atomic mass is 16.5. The van der Waals surface area contributed by atoms with Crippen molar-refractivity contribution in [1.29, 1.82) is 0 Å². The Hall–Kier alpha value is -0.300. The van der Waals surface area contributed by atoms with Gasteiger partial charge in [-0.3, -0.25) is 0 Å². The highest BCUT2D eigenvalue weighted by Gasteiger charge is 2.44. The maximum absolute atomic E-state index is 5.74. The van der Waals surface area contributed by atoms with Gasteiger partial charge in [0.05, 0.1) is 13.2 Å². The predicted molar refractivity (Wildman–Crippen MR) is 68.7 cm³/mol. The first-order valence-electron chi connectivity index (χ1n) is 7.71. The average molecular weight is 232 g/mol. The molecule has 2 saturated carbocycles. The van der Waals surface area contributed by atoms with Crippen LogP contribution in [0, 0.1) is 29.6 Å². The highest BCUT2D eigenvalue weighted by Crippen LogP contribution is 2.52. The molecule has 0 amide bonds. The molecule has 0 aromatic carbocycles. The molecule has 94 valence electrons. The molecule has 0 aromatic heterocycles. The van der Waals surface area contributed by atoms with E-state index >= 15 is 0 Å². The third-order valence-corrected chi connectivity index (χ3v) is 6.04. The van der Waals surface area contributed by atoms with E-state index < -0.39 is 0 Å². The lowest BCUT2D eigenvalue weighted by Crippen LogP contribution is -2.38. The van der Waals surface area contributed by atoms with Gasteiger partial charge in [0.2, 0.25) is 0 Å². The van der Waals surface area contributed by atoms with Crippen LogP contribution in [0.3, 0.4) is 0 Å². The van der Waals surface area contributed by atoms with E-state index in [1.165, 1.54) is 44.9 Å². The maximum Gasteiger partial charge on any atom is 0.0535 e. The molecular formula is C16H24O. The Labute approximate surface area is 105 Å². The molecule has 1 saturated heterocycles. The predicted octanol–water partition coefficient (Wildman–Crippen LogP) is 3.80. The Morgan fingerprint density at radius 3 is 2.82 bits per heavy atom. The van der Waals surface area contributed by atoms with Gasteiger partial charge in [0.15, 0.2) is 0 Å². The molecular weight excluding hydrogens is 208 g/mol. The molecule has 1 heteroatoms. The van der Waals surface area contributed by atoms with Crippen LogP contribution in [0.5, 0.6) is 0 Å². The maximum atomic E-state index is 5.74. The number of fused-ring (bicyclic) bond motifs is 5. The fourth-order valence-electron chi connectivity index (χ4n) is 5.20. The van der Waals surface area contributed by atoms with Gasteiger partial charge in [0.1, 0.15) is 0 Å². The van der Waals surface area contributed by atoms with Gasteiger partial charge in [0.25, 0.3) is 0 Å². The monoisotopic (exact) mass is 232 g/mol. The van der Waals surface area contributed by atoms with Crippen molar-refractivity contribution in [2.45, 2.75) is 44.9 Å². The summed E-state index contributed by atoms with van der Waals surface area (Å²) in [7, 11) is 0. The van der Waals surface area contributed by atoms with Gasteiger partial charge < -0.3 is 4.74 Å². The summed E-state index contributed by atoms with van der Waals surface area (Å²) in [6.45, 7) is 2.08. The van der Waals surface area contributed by atoms with Crippen molar-refractivity contribution >= 4 is 0 Å². The quantitative estimate of drug-likeness (QED) is 0.577. The van der Waals surface area contributed by atoms with Crippen molar-refractivity contribution in [3.05, 3.63) is 11.6 Å². The number of hydrogen-bond acceptors (Lipinski definition) is 1. The highest BCUT2D eigenvalue weighted by molar-refractivity contribution is 5.21. The lowest BCUT2D eigenvalue weighted by molar-refractivity contribution is 0.126. The second-order valence-electron chi connectivity index (χ2n) is 6.74. The van der Waals surface area contributed by atoms with Gasteiger partial charge in [0, 0.05) is 5.92 Å². The first-order valence-corrected chi connectivity index (χ1v) is 7.71. The van der Waals surface area contributed by atoms with E-state index in [-0.39, 0.29) is 0 Å². The minimum Gasteiger partial charge on any atom is -0.381 e. The van der Waals surface area contributed by atoms with E-state index in [0.717, 1.165) is 42.8 Å². The Morgan fingerprint density at radius 1 is 0.882 bits per heavy atom. The minimum atomic E-state index is 0.816. The zero-order chi connectivity index (χ0) is 11.2. The summed E-state index contributed by atoms with van der Waals surface area (Å²) in [5.74, 6) is 4.73. The molecule has 3 aliphatic carbocycles. The van der Waals surface area contributed by atoms with E-state index in [0.29, 0.717) is 0 Å². The van der Waals surface area contributed by atoms with Crippen molar-refractivity contribution in [3.8, 4) is 0 Å². The molecule has 3 fully saturated rings. The SMILES string of the molecule is C1=C2C3COCC3CCC2C2CCCCC2C1. The largest absolute Gasteiger partial charge is 0.381 e. The molecule has 17 heavy (non-hydrogen) atoms. The lowest BCUT2D eigenvalue weighted by atomic mass is 9.58. The number of rotatable bonds is 0. The summed E-state index contributed by atoms with van der Waals surface area (Å²) >= 11 is 0. The zero-order valence-electron chi connectivity index (χ0n) is 10.7. The standard InChI is InChI=1S/C16H24O/c1-2-4-13-11(3-1)5-7-15-14(13)8-6-12-9-17-10-16(12)15/h7,11-14,16H,1-6,8-10H2. The zero-order valence-corrected chi connectivity index (χ0v) is 10.7. The Kier molecular flexibility index (Phi) is 2.57. The molecule has 0 radical (unpaired) electrons. The van der Waals surface area contributed by atoms with Crippen molar-refractivity contribution in [1.82, 2.24) is 0 Å². The van der Waals surface area contributed by atoms with Crippen molar-refractivity contribution < 1.29 is 4.74 Å². The molecule has 0 bridgehead atoms. The summed E-state index contributed by atoms with van der Waals surface area (Å²) in [6, 6.07) is 0. The first kappa shape index (κ1) is 10.6. The van der Waals surface area contributed by atoms with Gasteiger partial charge in [-0.1, -0.05) is 24.5 Å². The van der Waals surface area contributed by atoms with Crippen LogP contribution in [0.1, 0.15) is 44.9 Å². The molecule has 1 heterocycles. The fourth-order valence-corrected chi connectivity index (χ4v) is 5.20. The Bertz CT molecular complexity index is 332. The van der Waals surface area contributed by atoms with Gasteiger partial charge in [-0.2, -0.15) is 0 Å². The third-order valence-electron chi connectivity index (χ3n) is 6.04. The topological polar surface area (TPSA) is 9.23 Å². The van der Waals surface area contributed by atoms with E-state index in [9.17, 15) is 0 Å². The lowest BCUT2D eigenvalue weighted by Gasteiger charge is -2.46. The third kappa shape index (κ3) is 1.62. The molecule has 4 rings (SSSR count). The van der Waals surface area contributed by atoms with Crippen LogP contribution in [0.15, 0.2) is 11.6 Å². The van der Waals surface area contributed by atoms with Crippen LogP contribution < -0.4 is 0 Å². The summed E-state index contributed by atoms with van der Waals surface area (Å²) in [6.07, 6.45) is 13.0.